The highest BCUT2D eigenvalue weighted by Gasteiger charge is 2.54. The van der Waals surface area contributed by atoms with Crippen LogP contribution in [-0.4, -0.2) is 126 Å². The summed E-state index contributed by atoms with van der Waals surface area (Å²) in [5.41, 5.74) is 1.73. The summed E-state index contributed by atoms with van der Waals surface area (Å²) in [5, 5.41) is 56.6. The van der Waals surface area contributed by atoms with E-state index in [1.807, 2.05) is 66.7 Å². The van der Waals surface area contributed by atoms with E-state index in [9.17, 15) is 30.3 Å². The molecule has 0 aromatic heterocycles. The minimum atomic E-state index is -1.92. The molecule has 0 spiro atoms. The van der Waals surface area contributed by atoms with Crippen LogP contribution in [0.1, 0.15) is 82.1 Å². The number of ether oxygens (including phenoxy) is 7. The number of hydrogen-bond donors (Lipinski definition) is 5. The molecule has 3 rings (SSSR count). The Balaban J connectivity index is 2.00. The monoisotopic (exact) mass is 782 g/mol. The maximum atomic E-state index is 13.8. The van der Waals surface area contributed by atoms with Crippen molar-refractivity contribution in [3.63, 3.8) is 0 Å². The van der Waals surface area contributed by atoms with Gasteiger partial charge in [-0.15, -0.1) is 0 Å². The SMILES string of the molecule is COC1=CC(C)=C[C@@H](C)[C@@H](O)[C@@H](C)CC(C)=CC=C[C@H](OC)[C@@H]([C@@H](C)[C@@H](O)[C@H](C)[C@@]2(O)C[C@@H](O[C@@H]3O[C@@H](C)[C@H](O)[C@@H](O)[C@H]3OC)[C@H](C)[C@@H](C(C)C)O2)OC1=O. The van der Waals surface area contributed by atoms with E-state index in [2.05, 4.69) is 0 Å². The van der Waals surface area contributed by atoms with Gasteiger partial charge >= 0.3 is 5.97 Å². The Hall–Kier alpha value is -2.17. The summed E-state index contributed by atoms with van der Waals surface area (Å²) in [6.45, 7) is 18.6. The van der Waals surface area contributed by atoms with Crippen molar-refractivity contribution >= 4 is 5.97 Å². The highest BCUT2D eigenvalue weighted by Crippen LogP contribution is 2.43. The number of esters is 1. The van der Waals surface area contributed by atoms with Gasteiger partial charge in [0.1, 0.15) is 30.5 Å². The number of aliphatic hydroxyl groups excluding tert-OH is 4. The Kier molecular flexibility index (Phi) is 17.6. The van der Waals surface area contributed by atoms with Crippen LogP contribution in [0.5, 0.6) is 0 Å². The highest BCUT2D eigenvalue weighted by molar-refractivity contribution is 5.87. The third kappa shape index (κ3) is 11.5. The fourth-order valence-corrected chi connectivity index (χ4v) is 8.23. The first-order valence-corrected chi connectivity index (χ1v) is 19.7. The van der Waals surface area contributed by atoms with Crippen molar-refractivity contribution in [1.29, 1.82) is 0 Å². The van der Waals surface area contributed by atoms with E-state index in [4.69, 9.17) is 33.2 Å². The number of carbonyl (C=O) groups excluding carboxylic acids is 1. The lowest BCUT2D eigenvalue weighted by molar-refractivity contribution is -0.362. The van der Waals surface area contributed by atoms with E-state index in [1.54, 1.807) is 32.9 Å². The molecule has 0 bridgehead atoms. The molecule has 3 aliphatic heterocycles. The largest absolute Gasteiger partial charge is 0.490 e. The summed E-state index contributed by atoms with van der Waals surface area (Å²) in [5.74, 6) is -5.08. The molecule has 55 heavy (non-hydrogen) atoms. The first-order chi connectivity index (χ1) is 25.7. The second-order valence-electron chi connectivity index (χ2n) is 16.6. The van der Waals surface area contributed by atoms with Gasteiger partial charge in [-0.05, 0) is 45.1 Å². The number of carbonyl (C=O) groups is 1. The van der Waals surface area contributed by atoms with Gasteiger partial charge in [-0.25, -0.2) is 4.79 Å². The van der Waals surface area contributed by atoms with E-state index in [0.717, 1.165) is 5.57 Å². The molecule has 0 saturated carbocycles. The zero-order chi connectivity index (χ0) is 41.5. The first kappa shape index (κ1) is 47.2. The molecular formula is C42H70O13. The van der Waals surface area contributed by atoms with E-state index < -0.39 is 90.9 Å². The summed E-state index contributed by atoms with van der Waals surface area (Å²) >= 11 is 0. The lowest BCUT2D eigenvalue weighted by Gasteiger charge is -2.51. The topological polar surface area (TPSA) is 183 Å². The van der Waals surface area contributed by atoms with Gasteiger partial charge in [-0.3, -0.25) is 0 Å². The third-order valence-electron chi connectivity index (χ3n) is 11.8. The van der Waals surface area contributed by atoms with Crippen molar-refractivity contribution in [1.82, 2.24) is 0 Å². The maximum absolute atomic E-state index is 13.8. The molecule has 5 N–H and O–H groups in total. The second-order valence-corrected chi connectivity index (χ2v) is 16.6. The molecule has 316 valence electrons. The molecule has 0 amide bonds. The first-order valence-electron chi connectivity index (χ1n) is 19.7. The summed E-state index contributed by atoms with van der Waals surface area (Å²) in [7, 11) is 4.25. The predicted molar refractivity (Wildman–Crippen MR) is 206 cm³/mol. The number of aliphatic hydroxyl groups is 5. The number of cyclic esters (lactones) is 1. The van der Waals surface area contributed by atoms with Gasteiger partial charge in [-0.1, -0.05) is 83.9 Å². The van der Waals surface area contributed by atoms with E-state index in [1.165, 1.54) is 21.3 Å². The molecule has 2 fully saturated rings. The summed E-state index contributed by atoms with van der Waals surface area (Å²) in [4.78, 5) is 13.8. The molecule has 0 aromatic rings. The van der Waals surface area contributed by atoms with Crippen LogP contribution in [-0.2, 0) is 38.0 Å². The molecular weight excluding hydrogens is 712 g/mol. The highest BCUT2D eigenvalue weighted by atomic mass is 16.7. The van der Waals surface area contributed by atoms with Crippen molar-refractivity contribution in [2.75, 3.05) is 21.3 Å². The van der Waals surface area contributed by atoms with Crippen LogP contribution in [0.2, 0.25) is 0 Å². The Bertz CT molecular complexity index is 1360. The average Bonchev–Trinajstić information content (AvgIpc) is 3.13. The van der Waals surface area contributed by atoms with Crippen LogP contribution in [0.4, 0.5) is 0 Å². The summed E-state index contributed by atoms with van der Waals surface area (Å²) < 4.78 is 41.8. The smallest absolute Gasteiger partial charge is 0.373 e. The minimum absolute atomic E-state index is 0.0363. The zero-order valence-electron chi connectivity index (χ0n) is 35.1. The van der Waals surface area contributed by atoms with Gasteiger partial charge < -0.3 is 58.7 Å². The second kappa shape index (κ2) is 20.5. The Morgan fingerprint density at radius 2 is 1.58 bits per heavy atom. The van der Waals surface area contributed by atoms with Crippen LogP contribution in [0, 0.1) is 35.5 Å². The fourth-order valence-electron chi connectivity index (χ4n) is 8.23. The van der Waals surface area contributed by atoms with Crippen molar-refractivity contribution in [2.24, 2.45) is 35.5 Å². The van der Waals surface area contributed by atoms with Gasteiger partial charge in [0, 0.05) is 44.3 Å². The van der Waals surface area contributed by atoms with Crippen molar-refractivity contribution < 1.29 is 63.5 Å². The Morgan fingerprint density at radius 3 is 2.16 bits per heavy atom. The molecule has 0 unspecified atom stereocenters. The average molecular weight is 783 g/mol. The summed E-state index contributed by atoms with van der Waals surface area (Å²) in [6, 6.07) is 0. The molecule has 13 heteroatoms. The van der Waals surface area contributed by atoms with E-state index >= 15 is 0 Å². The lowest BCUT2D eigenvalue weighted by atomic mass is 9.76. The van der Waals surface area contributed by atoms with Gasteiger partial charge in [0.25, 0.3) is 0 Å². The molecule has 0 aliphatic carbocycles. The Labute approximate surface area is 328 Å². The van der Waals surface area contributed by atoms with Gasteiger partial charge in [0.15, 0.2) is 12.1 Å². The number of rotatable bonds is 10. The molecule has 17 atom stereocenters. The molecule has 2 saturated heterocycles. The molecule has 13 nitrogen and oxygen atoms in total. The van der Waals surface area contributed by atoms with Crippen LogP contribution in [0.25, 0.3) is 0 Å². The van der Waals surface area contributed by atoms with E-state index in [0.29, 0.717) is 12.0 Å². The normalized spacial score (nSPS) is 40.4. The lowest BCUT2D eigenvalue weighted by Crippen LogP contribution is -2.62. The number of methoxy groups -OCH3 is 3. The minimum Gasteiger partial charge on any atom is -0.490 e. The Morgan fingerprint density at radius 1 is 0.927 bits per heavy atom. The predicted octanol–water partition coefficient (Wildman–Crippen LogP) is 4.20. The standard InChI is InChI=1S/C42H70O13/c1-21(2)37-26(7)32(53-41-39(51-13)36(46)35(45)29(10)52-41)20-42(48,55-37)28(9)34(44)27(8)38-30(49-11)16-14-15-22(3)17-24(5)33(43)25(6)18-23(4)19-31(50-12)40(47)54-38/h14-16,18-19,21,24-30,32-39,41,43-46,48H,17,20H2,1-13H3/t24-,25+,26-,27-,28-,29-,30-,32+,33-,34+,35-,36+,37+,38+,39+,41-,42+/m0/s1. The molecule has 3 aliphatic rings. The van der Waals surface area contributed by atoms with Crippen LogP contribution >= 0.6 is 0 Å². The van der Waals surface area contributed by atoms with Crippen molar-refractivity contribution in [2.45, 2.75) is 155 Å². The van der Waals surface area contributed by atoms with Crippen LogP contribution < -0.4 is 0 Å². The van der Waals surface area contributed by atoms with Crippen molar-refractivity contribution in [3.05, 3.63) is 47.3 Å². The quantitative estimate of drug-likeness (QED) is 0.199. The van der Waals surface area contributed by atoms with Gasteiger partial charge in [-0.2, -0.15) is 0 Å². The third-order valence-corrected chi connectivity index (χ3v) is 11.8. The van der Waals surface area contributed by atoms with Gasteiger partial charge in [0.05, 0.1) is 37.6 Å². The number of allylic oxidation sites excluding steroid dienone is 5. The fraction of sp³-hybridized carbons (Fsp3) is 0.786. The van der Waals surface area contributed by atoms with Crippen LogP contribution in [0.15, 0.2) is 47.3 Å². The molecule has 3 heterocycles. The van der Waals surface area contributed by atoms with Gasteiger partial charge in [0.2, 0.25) is 5.76 Å². The zero-order valence-corrected chi connectivity index (χ0v) is 35.1. The molecule has 0 aromatic carbocycles. The summed E-state index contributed by atoms with van der Waals surface area (Å²) in [6.07, 6.45) is -0.670. The van der Waals surface area contributed by atoms with Crippen molar-refractivity contribution in [3.8, 4) is 0 Å². The van der Waals surface area contributed by atoms with E-state index in [-0.39, 0.29) is 35.9 Å². The van der Waals surface area contributed by atoms with Crippen LogP contribution in [0.3, 0.4) is 0 Å². The maximum Gasteiger partial charge on any atom is 0.373 e. The molecule has 0 radical (unpaired) electrons. The number of hydrogen-bond acceptors (Lipinski definition) is 13.